The van der Waals surface area contributed by atoms with E-state index in [2.05, 4.69) is 45.9 Å². The Bertz CT molecular complexity index is 411. The molecule has 0 aliphatic rings. The van der Waals surface area contributed by atoms with Crippen LogP contribution in [0.15, 0.2) is 23.1 Å². The zero-order chi connectivity index (χ0) is 14.3. The average molecular weight is 279 g/mol. The molecular weight excluding hydrogens is 254 g/mol. The van der Waals surface area contributed by atoms with Gasteiger partial charge in [0.2, 0.25) is 5.91 Å². The summed E-state index contributed by atoms with van der Waals surface area (Å²) in [6.45, 7) is 10.2. The molecule has 1 aromatic rings. The summed E-state index contributed by atoms with van der Waals surface area (Å²) in [5, 5.41) is 0. The maximum Gasteiger partial charge on any atom is 0.232 e. The van der Waals surface area contributed by atoms with Gasteiger partial charge in [-0.15, -0.1) is 11.8 Å². The molecule has 2 nitrogen and oxygen atoms in total. The van der Waals surface area contributed by atoms with E-state index in [1.54, 1.807) is 11.8 Å². The Kier molecular flexibility index (Phi) is 7.00. The molecule has 1 rings (SSSR count). The molecule has 0 aromatic heterocycles. The first-order valence-corrected chi connectivity index (χ1v) is 8.04. The number of thioether (sulfide) groups is 1. The third-order valence-electron chi connectivity index (χ3n) is 3.18. The first-order valence-electron chi connectivity index (χ1n) is 7.06. The molecule has 1 amide bonds. The first kappa shape index (κ1) is 16.1. The number of nitrogens with zero attached hydrogens (tertiary/aromatic N) is 1. The van der Waals surface area contributed by atoms with E-state index in [4.69, 9.17) is 0 Å². The summed E-state index contributed by atoms with van der Waals surface area (Å²) in [5.41, 5.74) is 2.59. The summed E-state index contributed by atoms with van der Waals surface area (Å²) in [4.78, 5) is 15.3. The van der Waals surface area contributed by atoms with E-state index in [9.17, 15) is 4.79 Å². The zero-order valence-electron chi connectivity index (χ0n) is 12.5. The topological polar surface area (TPSA) is 20.3 Å². The number of benzene rings is 1. The number of hydrogen-bond donors (Lipinski definition) is 0. The van der Waals surface area contributed by atoms with Crippen LogP contribution in [0.4, 0.5) is 0 Å². The van der Waals surface area contributed by atoms with Gasteiger partial charge in [0, 0.05) is 18.0 Å². The highest BCUT2D eigenvalue weighted by molar-refractivity contribution is 8.00. The standard InChI is InChI=1S/C16H25NOS/c1-5-9-17(10-6-2)16(18)12-19-15-8-7-13(3)14(4)11-15/h7-8,11H,5-6,9-10,12H2,1-4H3. The van der Waals surface area contributed by atoms with Crippen molar-refractivity contribution in [3.05, 3.63) is 29.3 Å². The van der Waals surface area contributed by atoms with Crippen LogP contribution in [-0.4, -0.2) is 29.6 Å². The highest BCUT2D eigenvalue weighted by Crippen LogP contribution is 2.21. The minimum atomic E-state index is 0.256. The van der Waals surface area contributed by atoms with E-state index in [1.165, 1.54) is 16.0 Å². The van der Waals surface area contributed by atoms with Crippen molar-refractivity contribution in [2.24, 2.45) is 0 Å². The Morgan fingerprint density at radius 1 is 1.11 bits per heavy atom. The van der Waals surface area contributed by atoms with Gasteiger partial charge in [0.15, 0.2) is 0 Å². The largest absolute Gasteiger partial charge is 0.342 e. The van der Waals surface area contributed by atoms with Gasteiger partial charge in [0.05, 0.1) is 5.75 Å². The molecule has 0 saturated carbocycles. The molecule has 0 saturated heterocycles. The SMILES string of the molecule is CCCN(CCC)C(=O)CSc1ccc(C)c(C)c1. The highest BCUT2D eigenvalue weighted by atomic mass is 32.2. The number of carbonyl (C=O) groups excluding carboxylic acids is 1. The Morgan fingerprint density at radius 3 is 2.26 bits per heavy atom. The van der Waals surface area contributed by atoms with E-state index in [0.717, 1.165) is 25.9 Å². The fourth-order valence-electron chi connectivity index (χ4n) is 1.94. The summed E-state index contributed by atoms with van der Waals surface area (Å²) in [7, 11) is 0. The van der Waals surface area contributed by atoms with Gasteiger partial charge in [-0.05, 0) is 49.9 Å². The van der Waals surface area contributed by atoms with Crippen molar-refractivity contribution in [1.29, 1.82) is 0 Å². The van der Waals surface area contributed by atoms with Crippen molar-refractivity contribution in [2.75, 3.05) is 18.8 Å². The van der Waals surface area contributed by atoms with Crippen LogP contribution in [-0.2, 0) is 4.79 Å². The van der Waals surface area contributed by atoms with Crippen LogP contribution in [0.25, 0.3) is 0 Å². The van der Waals surface area contributed by atoms with Crippen LogP contribution in [0, 0.1) is 13.8 Å². The van der Waals surface area contributed by atoms with E-state index in [0.29, 0.717) is 5.75 Å². The normalized spacial score (nSPS) is 10.5. The van der Waals surface area contributed by atoms with Gasteiger partial charge in [-0.3, -0.25) is 4.79 Å². The molecule has 0 radical (unpaired) electrons. The molecule has 0 atom stereocenters. The summed E-state index contributed by atoms with van der Waals surface area (Å²) in [6.07, 6.45) is 2.06. The van der Waals surface area contributed by atoms with Gasteiger partial charge in [-0.1, -0.05) is 19.9 Å². The predicted molar refractivity (Wildman–Crippen MR) is 83.8 cm³/mol. The van der Waals surface area contributed by atoms with Crippen molar-refractivity contribution in [3.8, 4) is 0 Å². The number of carbonyl (C=O) groups is 1. The monoisotopic (exact) mass is 279 g/mol. The minimum absolute atomic E-state index is 0.256. The third kappa shape index (κ3) is 5.27. The molecule has 0 N–H and O–H groups in total. The van der Waals surface area contributed by atoms with Crippen molar-refractivity contribution < 1.29 is 4.79 Å². The van der Waals surface area contributed by atoms with E-state index >= 15 is 0 Å². The second-order valence-electron chi connectivity index (χ2n) is 4.92. The van der Waals surface area contributed by atoms with Crippen LogP contribution in [0.1, 0.15) is 37.8 Å². The van der Waals surface area contributed by atoms with Gasteiger partial charge in [-0.2, -0.15) is 0 Å². The zero-order valence-corrected chi connectivity index (χ0v) is 13.3. The van der Waals surface area contributed by atoms with E-state index in [1.807, 2.05) is 4.90 Å². The van der Waals surface area contributed by atoms with Gasteiger partial charge >= 0.3 is 0 Å². The molecule has 106 valence electrons. The fourth-order valence-corrected chi connectivity index (χ4v) is 2.84. The molecule has 0 unspecified atom stereocenters. The van der Waals surface area contributed by atoms with Crippen LogP contribution < -0.4 is 0 Å². The van der Waals surface area contributed by atoms with Crippen molar-refractivity contribution in [3.63, 3.8) is 0 Å². The Morgan fingerprint density at radius 2 is 1.74 bits per heavy atom. The molecule has 0 aliphatic heterocycles. The maximum absolute atomic E-state index is 12.2. The molecule has 0 heterocycles. The third-order valence-corrected chi connectivity index (χ3v) is 4.16. The fraction of sp³-hybridized carbons (Fsp3) is 0.562. The molecule has 3 heteroatoms. The Balaban J connectivity index is 2.54. The lowest BCUT2D eigenvalue weighted by Crippen LogP contribution is -2.33. The van der Waals surface area contributed by atoms with Crippen LogP contribution >= 0.6 is 11.8 Å². The number of amides is 1. The molecule has 0 fully saturated rings. The molecule has 0 bridgehead atoms. The predicted octanol–water partition coefficient (Wildman–Crippen LogP) is 4.04. The second-order valence-corrected chi connectivity index (χ2v) is 5.96. The number of hydrogen-bond acceptors (Lipinski definition) is 2. The van der Waals surface area contributed by atoms with Gasteiger partial charge in [-0.25, -0.2) is 0 Å². The van der Waals surface area contributed by atoms with Gasteiger partial charge in [0.25, 0.3) is 0 Å². The highest BCUT2D eigenvalue weighted by Gasteiger charge is 2.11. The Labute approximate surface area is 121 Å². The van der Waals surface area contributed by atoms with Crippen LogP contribution in [0.5, 0.6) is 0 Å². The van der Waals surface area contributed by atoms with Crippen LogP contribution in [0.3, 0.4) is 0 Å². The molecular formula is C16H25NOS. The Hall–Kier alpha value is -0.960. The van der Waals surface area contributed by atoms with E-state index < -0.39 is 0 Å². The summed E-state index contributed by atoms with van der Waals surface area (Å²) in [5.74, 6) is 0.801. The maximum atomic E-state index is 12.2. The van der Waals surface area contributed by atoms with Gasteiger partial charge < -0.3 is 4.90 Å². The first-order chi connectivity index (χ1) is 9.08. The van der Waals surface area contributed by atoms with Crippen molar-refractivity contribution in [1.82, 2.24) is 4.90 Å². The van der Waals surface area contributed by atoms with Gasteiger partial charge in [0.1, 0.15) is 0 Å². The lowest BCUT2D eigenvalue weighted by molar-refractivity contribution is -0.128. The average Bonchev–Trinajstić information content (AvgIpc) is 2.39. The quantitative estimate of drug-likeness (QED) is 0.702. The molecule has 0 aliphatic carbocycles. The second kappa shape index (κ2) is 8.26. The minimum Gasteiger partial charge on any atom is -0.342 e. The van der Waals surface area contributed by atoms with E-state index in [-0.39, 0.29) is 5.91 Å². The van der Waals surface area contributed by atoms with Crippen LogP contribution in [0.2, 0.25) is 0 Å². The molecule has 1 aromatic carbocycles. The summed E-state index contributed by atoms with van der Waals surface area (Å²) in [6, 6.07) is 6.39. The summed E-state index contributed by atoms with van der Waals surface area (Å²) >= 11 is 1.64. The number of aryl methyl sites for hydroxylation is 2. The smallest absolute Gasteiger partial charge is 0.232 e. The van der Waals surface area contributed by atoms with Crippen molar-refractivity contribution in [2.45, 2.75) is 45.4 Å². The van der Waals surface area contributed by atoms with Crippen molar-refractivity contribution >= 4 is 17.7 Å². The number of rotatable bonds is 7. The molecule has 0 spiro atoms. The lowest BCUT2D eigenvalue weighted by Gasteiger charge is -2.21. The summed E-state index contributed by atoms with van der Waals surface area (Å²) < 4.78 is 0. The lowest BCUT2D eigenvalue weighted by atomic mass is 10.1. The molecule has 19 heavy (non-hydrogen) atoms.